The minimum Gasteiger partial charge on any atom is -0.493 e. The number of fused-ring (bicyclic) bond motifs is 1. The molecule has 0 saturated carbocycles. The zero-order chi connectivity index (χ0) is 31.2. The Morgan fingerprint density at radius 1 is 0.977 bits per heavy atom. The number of halogens is 2. The maximum absolute atomic E-state index is 15.4. The second-order valence-corrected chi connectivity index (χ2v) is 10.8. The summed E-state index contributed by atoms with van der Waals surface area (Å²) in [5.74, 6) is -1.58. The van der Waals surface area contributed by atoms with Gasteiger partial charge in [-0.25, -0.2) is 8.78 Å². The van der Waals surface area contributed by atoms with E-state index in [9.17, 15) is 14.0 Å². The lowest BCUT2D eigenvalue weighted by atomic mass is 9.98. The first-order chi connectivity index (χ1) is 21.2. The van der Waals surface area contributed by atoms with Crippen LogP contribution >= 0.6 is 0 Å². The van der Waals surface area contributed by atoms with Gasteiger partial charge in [-0.05, 0) is 87.3 Å². The summed E-state index contributed by atoms with van der Waals surface area (Å²) in [7, 11) is 3.67. The fourth-order valence-electron chi connectivity index (χ4n) is 5.16. The molecule has 1 aromatic heterocycles. The van der Waals surface area contributed by atoms with Gasteiger partial charge in [-0.3, -0.25) is 14.6 Å². The fraction of sp³-hybridized carbons (Fsp3) is 0.303. The van der Waals surface area contributed by atoms with Crippen LogP contribution in [-0.2, 0) is 16.0 Å². The Bertz CT molecular complexity index is 1640. The summed E-state index contributed by atoms with van der Waals surface area (Å²) in [6, 6.07) is 14.8. The van der Waals surface area contributed by atoms with Crippen molar-refractivity contribution in [3.63, 3.8) is 0 Å². The fourth-order valence-corrected chi connectivity index (χ4v) is 5.16. The zero-order valence-electron chi connectivity index (χ0n) is 24.6. The van der Waals surface area contributed by atoms with Gasteiger partial charge in [0, 0.05) is 35.9 Å². The van der Waals surface area contributed by atoms with Gasteiger partial charge in [-0.1, -0.05) is 12.1 Å². The van der Waals surface area contributed by atoms with Crippen molar-refractivity contribution < 1.29 is 32.6 Å². The summed E-state index contributed by atoms with van der Waals surface area (Å²) >= 11 is 0. The molecule has 4 aromatic rings. The number of benzene rings is 3. The van der Waals surface area contributed by atoms with Crippen molar-refractivity contribution in [1.29, 1.82) is 0 Å². The summed E-state index contributed by atoms with van der Waals surface area (Å²) in [5, 5.41) is 0.587. The van der Waals surface area contributed by atoms with Gasteiger partial charge in [0.15, 0.2) is 23.1 Å². The number of rotatable bonds is 10. The number of nitrogens with zero attached hydrogens (tertiary/aromatic N) is 3. The molecule has 9 nitrogen and oxygen atoms in total. The number of aromatic nitrogens is 1. The molecule has 5 rings (SSSR count). The first-order valence-electron chi connectivity index (χ1n) is 14.3. The molecule has 2 amide bonds. The molecule has 0 aliphatic carbocycles. The molecule has 11 heteroatoms. The first-order valence-corrected chi connectivity index (χ1v) is 14.3. The standard InChI is InChI=1S/C33H34F2N4O5/c1-38-14-10-22(11-15-38)20-43-31-19-27-25(18-30(31)42-2)28(9-13-37-27)44-29-8-7-24(17-26(29)35)39(33(41)32(36)40)16-12-21-3-5-23(34)6-4-21/h3-9,13,17-19,22H,10-12,14-16,20H2,1-2H3,(H2,36,40). The SMILES string of the molecule is COc1cc2c(Oc3ccc(N(CCc4ccc(F)cc4)C(=O)C(N)=O)cc3F)ccnc2cc1OCC1CCN(C)CC1. The molecule has 1 aliphatic rings. The number of anilines is 1. The lowest BCUT2D eigenvalue weighted by molar-refractivity contribution is -0.135. The van der Waals surface area contributed by atoms with Crippen LogP contribution in [0.3, 0.4) is 0 Å². The van der Waals surface area contributed by atoms with E-state index in [4.69, 9.17) is 19.9 Å². The number of primary amides is 1. The van der Waals surface area contributed by atoms with Gasteiger partial charge in [-0.2, -0.15) is 0 Å². The number of methoxy groups -OCH3 is 1. The number of likely N-dealkylation sites (tertiary alicyclic amines) is 1. The maximum atomic E-state index is 15.4. The third-order valence-corrected chi connectivity index (χ3v) is 7.74. The van der Waals surface area contributed by atoms with Crippen molar-refractivity contribution in [3.8, 4) is 23.0 Å². The number of nitrogens with two attached hydrogens (primary N) is 1. The van der Waals surface area contributed by atoms with E-state index in [2.05, 4.69) is 16.9 Å². The van der Waals surface area contributed by atoms with Gasteiger partial charge in [0.05, 0.1) is 19.2 Å². The maximum Gasteiger partial charge on any atom is 0.316 e. The Kier molecular flexibility index (Phi) is 9.54. The topological polar surface area (TPSA) is 107 Å². The highest BCUT2D eigenvalue weighted by Crippen LogP contribution is 2.38. The van der Waals surface area contributed by atoms with E-state index < -0.39 is 23.4 Å². The molecule has 44 heavy (non-hydrogen) atoms. The van der Waals surface area contributed by atoms with Crippen LogP contribution in [-0.4, -0.2) is 62.1 Å². The van der Waals surface area contributed by atoms with Crippen LogP contribution in [0.25, 0.3) is 10.9 Å². The Balaban J connectivity index is 1.35. The number of hydrogen-bond donors (Lipinski definition) is 1. The van der Waals surface area contributed by atoms with Crippen LogP contribution in [0.1, 0.15) is 18.4 Å². The van der Waals surface area contributed by atoms with Crippen molar-refractivity contribution in [2.24, 2.45) is 11.7 Å². The summed E-state index contributed by atoms with van der Waals surface area (Å²) in [5.41, 5.74) is 6.68. The number of ether oxygens (including phenoxy) is 3. The van der Waals surface area contributed by atoms with Crippen LogP contribution in [0.2, 0.25) is 0 Å². The number of amides is 2. The smallest absolute Gasteiger partial charge is 0.316 e. The third kappa shape index (κ3) is 7.23. The first kappa shape index (κ1) is 30.7. The highest BCUT2D eigenvalue weighted by molar-refractivity contribution is 6.39. The molecule has 0 bridgehead atoms. The molecular formula is C33H34F2N4O5. The largest absolute Gasteiger partial charge is 0.493 e. The Morgan fingerprint density at radius 3 is 2.41 bits per heavy atom. The van der Waals surface area contributed by atoms with Crippen molar-refractivity contribution in [3.05, 3.63) is 84.1 Å². The number of pyridine rings is 1. The van der Waals surface area contributed by atoms with E-state index in [0.29, 0.717) is 40.7 Å². The number of piperidine rings is 1. The van der Waals surface area contributed by atoms with Crippen LogP contribution in [0.4, 0.5) is 14.5 Å². The summed E-state index contributed by atoms with van der Waals surface area (Å²) < 4.78 is 46.4. The quantitative estimate of drug-likeness (QED) is 0.251. The van der Waals surface area contributed by atoms with Crippen molar-refractivity contribution >= 4 is 28.4 Å². The normalized spacial score (nSPS) is 13.9. The molecule has 0 atom stereocenters. The molecule has 0 unspecified atom stereocenters. The highest BCUT2D eigenvalue weighted by atomic mass is 19.1. The monoisotopic (exact) mass is 604 g/mol. The molecule has 2 heterocycles. The summed E-state index contributed by atoms with van der Waals surface area (Å²) in [6.45, 7) is 2.67. The zero-order valence-corrected chi connectivity index (χ0v) is 24.6. The van der Waals surface area contributed by atoms with E-state index in [1.54, 1.807) is 43.6 Å². The third-order valence-electron chi connectivity index (χ3n) is 7.74. The molecule has 1 saturated heterocycles. The van der Waals surface area contributed by atoms with Crippen LogP contribution in [0.5, 0.6) is 23.0 Å². The van der Waals surface area contributed by atoms with E-state index in [0.717, 1.165) is 42.5 Å². The van der Waals surface area contributed by atoms with Gasteiger partial charge in [0.25, 0.3) is 0 Å². The molecule has 0 radical (unpaired) electrons. The predicted molar refractivity (Wildman–Crippen MR) is 162 cm³/mol. The number of hydrogen-bond acceptors (Lipinski definition) is 7. The average molecular weight is 605 g/mol. The average Bonchev–Trinajstić information content (AvgIpc) is 3.02. The predicted octanol–water partition coefficient (Wildman–Crippen LogP) is 5.10. The van der Waals surface area contributed by atoms with Gasteiger partial charge < -0.3 is 29.7 Å². The van der Waals surface area contributed by atoms with E-state index in [-0.39, 0.29) is 24.4 Å². The second kappa shape index (κ2) is 13.7. The lowest BCUT2D eigenvalue weighted by Gasteiger charge is -2.28. The Hall–Kier alpha value is -4.77. The molecule has 230 valence electrons. The lowest BCUT2D eigenvalue weighted by Crippen LogP contribution is -2.41. The molecule has 2 N–H and O–H groups in total. The number of carbonyl (C=O) groups excluding carboxylic acids is 2. The van der Waals surface area contributed by atoms with Crippen molar-refractivity contribution in [2.75, 3.05) is 45.3 Å². The molecular weight excluding hydrogens is 570 g/mol. The Morgan fingerprint density at radius 2 is 1.73 bits per heavy atom. The van der Waals surface area contributed by atoms with Crippen molar-refractivity contribution in [1.82, 2.24) is 9.88 Å². The molecule has 1 aliphatic heterocycles. The summed E-state index contributed by atoms with van der Waals surface area (Å²) in [6.07, 6.45) is 3.97. The minimum absolute atomic E-state index is 0.0179. The molecule has 0 spiro atoms. The molecule has 1 fully saturated rings. The summed E-state index contributed by atoms with van der Waals surface area (Å²) in [4.78, 5) is 32.2. The van der Waals surface area contributed by atoms with Crippen LogP contribution in [0, 0.1) is 17.6 Å². The minimum atomic E-state index is -1.18. The van der Waals surface area contributed by atoms with Crippen LogP contribution in [0.15, 0.2) is 66.9 Å². The van der Waals surface area contributed by atoms with Crippen molar-refractivity contribution in [2.45, 2.75) is 19.3 Å². The van der Waals surface area contributed by atoms with Gasteiger partial charge >= 0.3 is 11.8 Å². The van der Waals surface area contributed by atoms with Gasteiger partial charge in [-0.15, -0.1) is 0 Å². The van der Waals surface area contributed by atoms with E-state index in [1.807, 2.05) is 0 Å². The van der Waals surface area contributed by atoms with Gasteiger partial charge in [0.2, 0.25) is 0 Å². The highest BCUT2D eigenvalue weighted by Gasteiger charge is 2.23. The molecule has 3 aromatic carbocycles. The Labute approximate surface area is 254 Å². The van der Waals surface area contributed by atoms with Crippen LogP contribution < -0.4 is 24.8 Å². The number of carbonyl (C=O) groups is 2. The second-order valence-electron chi connectivity index (χ2n) is 10.8. The van der Waals surface area contributed by atoms with Gasteiger partial charge in [0.1, 0.15) is 11.6 Å². The van der Waals surface area contributed by atoms with E-state index >= 15 is 4.39 Å². The van der Waals surface area contributed by atoms with E-state index in [1.165, 1.54) is 24.3 Å².